The van der Waals surface area contributed by atoms with E-state index in [1.807, 2.05) is 60.7 Å². The van der Waals surface area contributed by atoms with E-state index < -0.39 is 6.09 Å². The third kappa shape index (κ3) is 4.32. The maximum absolute atomic E-state index is 13.8. The first-order chi connectivity index (χ1) is 16.1. The zero-order valence-corrected chi connectivity index (χ0v) is 17.8. The summed E-state index contributed by atoms with van der Waals surface area (Å²) in [6.45, 7) is 0.198. The Morgan fingerprint density at radius 3 is 2.58 bits per heavy atom. The second kappa shape index (κ2) is 8.82. The summed E-state index contributed by atoms with van der Waals surface area (Å²) in [7, 11) is 0. The van der Waals surface area contributed by atoms with Crippen LogP contribution in [0.5, 0.6) is 0 Å². The van der Waals surface area contributed by atoms with Crippen LogP contribution in [0.25, 0.3) is 22.0 Å². The lowest BCUT2D eigenvalue weighted by atomic mass is 9.99. The molecule has 5 rings (SSSR count). The molecule has 1 saturated heterocycles. The number of nitrogens with zero attached hydrogens (tertiary/aromatic N) is 2. The smallest absolute Gasteiger partial charge is 0.416 e. The summed E-state index contributed by atoms with van der Waals surface area (Å²) in [4.78, 5) is 30.7. The summed E-state index contributed by atoms with van der Waals surface area (Å²) in [5.41, 5.74) is 4.30. The van der Waals surface area contributed by atoms with Crippen molar-refractivity contribution >= 4 is 22.9 Å². The number of hydrogen-bond donors (Lipinski definition) is 0. The van der Waals surface area contributed by atoms with Crippen LogP contribution in [0, 0.1) is 5.82 Å². The van der Waals surface area contributed by atoms with Crippen LogP contribution < -0.4 is 0 Å². The van der Waals surface area contributed by atoms with E-state index in [-0.39, 0.29) is 30.8 Å². The number of aromatic nitrogens is 1. The molecule has 3 aromatic carbocycles. The number of carbonyl (C=O) groups excluding carboxylic acids is 2. The number of cyclic esters (lactones) is 1. The Labute approximate surface area is 190 Å². The fourth-order valence-electron chi connectivity index (χ4n) is 4.23. The summed E-state index contributed by atoms with van der Waals surface area (Å²) >= 11 is 0. The average molecular weight is 440 g/mol. The standard InChI is InChI=1S/C27H21FN2O3/c28-21-10-11-25-24(16-21)23(12-13-29-25)20-8-6-19(7-9-20)15-26(31)30-22(17-33-27(30)32)14-18-4-2-1-3-5-18/h1-13,16,22H,14-15,17H2/t22-/m1/s1. The van der Waals surface area contributed by atoms with Crippen LogP contribution >= 0.6 is 0 Å². The Morgan fingerprint density at radius 1 is 1.00 bits per heavy atom. The van der Waals surface area contributed by atoms with E-state index in [1.165, 1.54) is 17.0 Å². The van der Waals surface area contributed by atoms with Crippen LogP contribution in [0.3, 0.4) is 0 Å². The molecule has 1 aliphatic rings. The minimum atomic E-state index is -0.595. The zero-order valence-electron chi connectivity index (χ0n) is 17.8. The van der Waals surface area contributed by atoms with Crippen LogP contribution in [0.2, 0.25) is 0 Å². The molecule has 0 aliphatic carbocycles. The molecule has 0 spiro atoms. The van der Waals surface area contributed by atoms with Gasteiger partial charge < -0.3 is 4.74 Å². The molecule has 164 valence electrons. The van der Waals surface area contributed by atoms with Gasteiger partial charge in [-0.1, -0.05) is 54.6 Å². The summed E-state index contributed by atoms with van der Waals surface area (Å²) < 4.78 is 18.9. The van der Waals surface area contributed by atoms with Crippen LogP contribution in [0.4, 0.5) is 9.18 Å². The average Bonchev–Trinajstić information content (AvgIpc) is 3.19. The molecule has 1 atom stereocenters. The fourth-order valence-corrected chi connectivity index (χ4v) is 4.23. The zero-order chi connectivity index (χ0) is 22.8. The first-order valence-corrected chi connectivity index (χ1v) is 10.7. The Morgan fingerprint density at radius 2 is 1.79 bits per heavy atom. The molecular formula is C27H21FN2O3. The van der Waals surface area contributed by atoms with Crippen LogP contribution in [-0.4, -0.2) is 34.5 Å². The number of rotatable bonds is 5. The highest BCUT2D eigenvalue weighted by atomic mass is 19.1. The molecule has 0 unspecified atom stereocenters. The van der Waals surface area contributed by atoms with E-state index in [1.54, 1.807) is 12.3 Å². The van der Waals surface area contributed by atoms with Crippen molar-refractivity contribution in [1.82, 2.24) is 9.88 Å². The molecule has 0 saturated carbocycles. The topological polar surface area (TPSA) is 59.5 Å². The van der Waals surface area contributed by atoms with Crippen molar-refractivity contribution in [2.45, 2.75) is 18.9 Å². The van der Waals surface area contributed by atoms with Gasteiger partial charge in [0.1, 0.15) is 12.4 Å². The molecule has 0 radical (unpaired) electrons. The lowest BCUT2D eigenvalue weighted by Crippen LogP contribution is -2.41. The number of halogens is 1. The number of carbonyl (C=O) groups is 2. The number of benzene rings is 3. The highest BCUT2D eigenvalue weighted by molar-refractivity contribution is 5.95. The molecule has 2 heterocycles. The molecule has 0 N–H and O–H groups in total. The van der Waals surface area contributed by atoms with Crippen molar-refractivity contribution in [2.75, 3.05) is 6.61 Å². The van der Waals surface area contributed by atoms with Crippen LogP contribution in [0.1, 0.15) is 11.1 Å². The van der Waals surface area contributed by atoms with Gasteiger partial charge in [0.25, 0.3) is 0 Å². The van der Waals surface area contributed by atoms with Gasteiger partial charge in [0.15, 0.2) is 0 Å². The largest absolute Gasteiger partial charge is 0.447 e. The molecule has 1 aliphatic heterocycles. The number of ether oxygens (including phenoxy) is 1. The van der Waals surface area contributed by atoms with Crippen molar-refractivity contribution in [3.8, 4) is 11.1 Å². The van der Waals surface area contributed by atoms with Crippen LogP contribution in [0.15, 0.2) is 85.1 Å². The summed E-state index contributed by atoms with van der Waals surface area (Å²) in [6, 6.07) is 23.3. The Hall–Kier alpha value is -4.06. The van der Waals surface area contributed by atoms with Gasteiger partial charge in [-0.2, -0.15) is 0 Å². The van der Waals surface area contributed by atoms with Crippen molar-refractivity contribution in [1.29, 1.82) is 0 Å². The minimum absolute atomic E-state index is 0.0897. The number of hydrogen-bond acceptors (Lipinski definition) is 4. The second-order valence-electron chi connectivity index (χ2n) is 8.08. The Balaban J connectivity index is 1.33. The quantitative estimate of drug-likeness (QED) is 0.429. The third-order valence-electron chi connectivity index (χ3n) is 5.87. The SMILES string of the molecule is O=C(Cc1ccc(-c2ccnc3ccc(F)cc23)cc1)N1C(=O)OC[C@H]1Cc1ccccc1. The fraction of sp³-hybridized carbons (Fsp3) is 0.148. The van der Waals surface area contributed by atoms with Gasteiger partial charge in [0.05, 0.1) is 18.0 Å². The molecule has 6 heteroatoms. The molecule has 5 nitrogen and oxygen atoms in total. The lowest BCUT2D eigenvalue weighted by Gasteiger charge is -2.20. The maximum Gasteiger partial charge on any atom is 0.416 e. The number of pyridine rings is 1. The van der Waals surface area contributed by atoms with Crippen LogP contribution in [-0.2, 0) is 22.4 Å². The van der Waals surface area contributed by atoms with Gasteiger partial charge in [-0.05, 0) is 52.9 Å². The molecule has 4 aromatic rings. The molecule has 1 fully saturated rings. The molecule has 1 aromatic heterocycles. The predicted octanol–water partition coefficient (Wildman–Crippen LogP) is 5.17. The van der Waals surface area contributed by atoms with E-state index >= 15 is 0 Å². The van der Waals surface area contributed by atoms with Crippen molar-refractivity contribution in [3.05, 3.63) is 102 Å². The predicted molar refractivity (Wildman–Crippen MR) is 123 cm³/mol. The van der Waals surface area contributed by atoms with E-state index in [4.69, 9.17) is 4.74 Å². The second-order valence-corrected chi connectivity index (χ2v) is 8.08. The van der Waals surface area contributed by atoms with E-state index in [9.17, 15) is 14.0 Å². The normalized spacial score (nSPS) is 15.6. The van der Waals surface area contributed by atoms with Gasteiger partial charge in [-0.15, -0.1) is 0 Å². The molecule has 2 amide bonds. The van der Waals surface area contributed by atoms with E-state index in [0.717, 1.165) is 27.6 Å². The van der Waals surface area contributed by atoms with Crippen molar-refractivity contribution in [3.63, 3.8) is 0 Å². The number of amides is 2. The van der Waals surface area contributed by atoms with Crippen molar-refractivity contribution in [2.24, 2.45) is 0 Å². The van der Waals surface area contributed by atoms with Gasteiger partial charge in [-0.3, -0.25) is 9.78 Å². The molecule has 0 bridgehead atoms. The third-order valence-corrected chi connectivity index (χ3v) is 5.87. The highest BCUT2D eigenvalue weighted by Crippen LogP contribution is 2.28. The monoisotopic (exact) mass is 440 g/mol. The lowest BCUT2D eigenvalue weighted by molar-refractivity contribution is -0.128. The van der Waals surface area contributed by atoms with Gasteiger partial charge in [0, 0.05) is 11.6 Å². The summed E-state index contributed by atoms with van der Waals surface area (Å²) in [5, 5.41) is 0.727. The van der Waals surface area contributed by atoms with E-state index in [2.05, 4.69) is 4.98 Å². The van der Waals surface area contributed by atoms with Gasteiger partial charge in [0.2, 0.25) is 5.91 Å². The first-order valence-electron chi connectivity index (χ1n) is 10.7. The Bertz CT molecular complexity index is 1320. The van der Waals surface area contributed by atoms with Crippen molar-refractivity contribution < 1.29 is 18.7 Å². The highest BCUT2D eigenvalue weighted by Gasteiger charge is 2.37. The van der Waals surface area contributed by atoms with Gasteiger partial charge in [-0.25, -0.2) is 14.1 Å². The first kappa shape index (κ1) is 20.8. The minimum Gasteiger partial charge on any atom is -0.447 e. The molecular weight excluding hydrogens is 419 g/mol. The summed E-state index contributed by atoms with van der Waals surface area (Å²) in [6.07, 6.45) is 1.75. The summed E-state index contributed by atoms with van der Waals surface area (Å²) in [5.74, 6) is -0.607. The van der Waals surface area contributed by atoms with Gasteiger partial charge >= 0.3 is 6.09 Å². The number of imide groups is 1. The van der Waals surface area contributed by atoms with E-state index in [0.29, 0.717) is 11.9 Å². The number of fused-ring (bicyclic) bond motifs is 1. The maximum atomic E-state index is 13.8. The Kier molecular flexibility index (Phi) is 5.57. The molecule has 33 heavy (non-hydrogen) atoms.